The Hall–Kier alpha value is -1.31. The van der Waals surface area contributed by atoms with Gasteiger partial charge in [-0.05, 0) is 25.8 Å². The van der Waals surface area contributed by atoms with Crippen molar-refractivity contribution >= 4 is 12.2 Å². The van der Waals surface area contributed by atoms with Gasteiger partial charge in [-0.25, -0.2) is 0 Å². The molecule has 17 heavy (non-hydrogen) atoms. The molecule has 0 aliphatic carbocycles. The van der Waals surface area contributed by atoms with Crippen molar-refractivity contribution in [1.29, 1.82) is 0 Å². The van der Waals surface area contributed by atoms with Crippen molar-refractivity contribution in [3.05, 3.63) is 28.9 Å². The van der Waals surface area contributed by atoms with Gasteiger partial charge in [0.25, 0.3) is 0 Å². The van der Waals surface area contributed by atoms with Gasteiger partial charge in [0.1, 0.15) is 0 Å². The SMILES string of the molecule is C=C(/C=c1/cnn(CC)/c1=C/C)C(C)C.CC. The van der Waals surface area contributed by atoms with Gasteiger partial charge in [-0.15, -0.1) is 0 Å². The fourth-order valence-electron chi connectivity index (χ4n) is 1.45. The first-order valence-electron chi connectivity index (χ1n) is 6.48. The van der Waals surface area contributed by atoms with E-state index >= 15 is 0 Å². The van der Waals surface area contributed by atoms with Gasteiger partial charge < -0.3 is 0 Å². The lowest BCUT2D eigenvalue weighted by molar-refractivity contribution is 0.640. The molecule has 1 heterocycles. The lowest BCUT2D eigenvalue weighted by Crippen LogP contribution is -2.29. The summed E-state index contributed by atoms with van der Waals surface area (Å²) in [4.78, 5) is 0. The molecule has 0 saturated carbocycles. The molecule has 2 heteroatoms. The number of hydrogen-bond acceptors (Lipinski definition) is 1. The Morgan fingerprint density at radius 1 is 1.47 bits per heavy atom. The van der Waals surface area contributed by atoms with Gasteiger partial charge in [-0.1, -0.05) is 45.9 Å². The molecular weight excluding hydrogens is 208 g/mol. The van der Waals surface area contributed by atoms with Crippen LogP contribution >= 0.6 is 0 Å². The van der Waals surface area contributed by atoms with Crippen molar-refractivity contribution in [3.8, 4) is 0 Å². The highest BCUT2D eigenvalue weighted by atomic mass is 15.3. The van der Waals surface area contributed by atoms with E-state index in [0.717, 1.165) is 17.3 Å². The van der Waals surface area contributed by atoms with Crippen LogP contribution in [-0.4, -0.2) is 9.78 Å². The number of allylic oxidation sites excluding steroid dienone is 1. The molecule has 0 aliphatic heterocycles. The van der Waals surface area contributed by atoms with E-state index < -0.39 is 0 Å². The lowest BCUT2D eigenvalue weighted by atomic mass is 10.0. The third-order valence-electron chi connectivity index (χ3n) is 2.57. The predicted octanol–water partition coefficient (Wildman–Crippen LogP) is 2.72. The maximum Gasteiger partial charge on any atom is 0.0639 e. The van der Waals surface area contributed by atoms with E-state index in [1.54, 1.807) is 0 Å². The maximum absolute atomic E-state index is 4.33. The second-order valence-electron chi connectivity index (χ2n) is 3.96. The van der Waals surface area contributed by atoms with Crippen LogP contribution in [0.15, 0.2) is 18.3 Å². The Bertz CT molecular complexity index is 450. The van der Waals surface area contributed by atoms with Crippen molar-refractivity contribution in [1.82, 2.24) is 9.78 Å². The summed E-state index contributed by atoms with van der Waals surface area (Å²) in [7, 11) is 0. The number of hydrogen-bond donors (Lipinski definition) is 0. The van der Waals surface area contributed by atoms with E-state index in [0.29, 0.717) is 5.92 Å². The molecule has 0 N–H and O–H groups in total. The molecule has 0 radical (unpaired) electrons. The molecule has 0 fully saturated rings. The van der Waals surface area contributed by atoms with Crippen LogP contribution in [0, 0.1) is 5.92 Å². The van der Waals surface area contributed by atoms with Gasteiger partial charge in [0.2, 0.25) is 0 Å². The molecule has 1 aromatic heterocycles. The molecule has 0 unspecified atom stereocenters. The van der Waals surface area contributed by atoms with Crippen LogP contribution < -0.4 is 10.6 Å². The minimum atomic E-state index is 0.486. The van der Waals surface area contributed by atoms with Crippen LogP contribution in [0.5, 0.6) is 0 Å². The first-order valence-corrected chi connectivity index (χ1v) is 6.48. The molecule has 0 spiro atoms. The lowest BCUT2D eigenvalue weighted by Gasteiger charge is -2.01. The minimum Gasteiger partial charge on any atom is -0.265 e. The highest BCUT2D eigenvalue weighted by Gasteiger charge is 1.98. The van der Waals surface area contributed by atoms with Crippen LogP contribution in [-0.2, 0) is 6.54 Å². The van der Waals surface area contributed by atoms with E-state index in [1.807, 2.05) is 31.6 Å². The highest BCUT2D eigenvalue weighted by Crippen LogP contribution is 2.06. The van der Waals surface area contributed by atoms with Crippen molar-refractivity contribution in [2.75, 3.05) is 0 Å². The van der Waals surface area contributed by atoms with E-state index in [-0.39, 0.29) is 0 Å². The Balaban J connectivity index is 0.00000121. The van der Waals surface area contributed by atoms with E-state index in [9.17, 15) is 0 Å². The summed E-state index contributed by atoms with van der Waals surface area (Å²) in [5.41, 5.74) is 1.15. The Morgan fingerprint density at radius 3 is 2.47 bits per heavy atom. The van der Waals surface area contributed by atoms with Gasteiger partial charge in [0.05, 0.1) is 11.5 Å². The molecule has 0 aromatic carbocycles. The summed E-state index contributed by atoms with van der Waals surface area (Å²) >= 11 is 0. The fourth-order valence-corrected chi connectivity index (χ4v) is 1.45. The zero-order valence-corrected chi connectivity index (χ0v) is 12.1. The second-order valence-corrected chi connectivity index (χ2v) is 3.96. The molecule has 0 bridgehead atoms. The Kier molecular flexibility index (Phi) is 7.27. The summed E-state index contributed by atoms with van der Waals surface area (Å²) in [5, 5.41) is 6.68. The van der Waals surface area contributed by atoms with Gasteiger partial charge in [-0.3, -0.25) is 4.68 Å². The highest BCUT2D eigenvalue weighted by molar-refractivity contribution is 5.45. The number of aryl methyl sites for hydroxylation is 1. The topological polar surface area (TPSA) is 17.8 Å². The maximum atomic E-state index is 4.33. The number of nitrogens with zero attached hydrogens (tertiary/aromatic N) is 2. The van der Waals surface area contributed by atoms with Crippen molar-refractivity contribution in [2.24, 2.45) is 5.92 Å². The third-order valence-corrected chi connectivity index (χ3v) is 2.57. The normalized spacial score (nSPS) is 12.6. The molecule has 1 rings (SSSR count). The van der Waals surface area contributed by atoms with Crippen molar-refractivity contribution < 1.29 is 0 Å². The monoisotopic (exact) mass is 234 g/mol. The van der Waals surface area contributed by atoms with Gasteiger partial charge in [0.15, 0.2) is 0 Å². The standard InChI is InChI=1S/C13H20N2.C2H6/c1-6-13-12(8-11(5)10(3)4)9-14-15(13)7-2;1-2/h6,8-10H,5,7H2,1-4H3;1-2H3/b12-8-,13-6+;. The largest absolute Gasteiger partial charge is 0.265 e. The zero-order chi connectivity index (χ0) is 13.4. The van der Waals surface area contributed by atoms with Crippen LogP contribution in [0.25, 0.3) is 12.2 Å². The smallest absolute Gasteiger partial charge is 0.0639 e. The summed E-state index contributed by atoms with van der Waals surface area (Å²) in [6.45, 7) is 17.4. The molecule has 0 amide bonds. The second kappa shape index (κ2) is 7.88. The average Bonchev–Trinajstić information content (AvgIpc) is 2.73. The first kappa shape index (κ1) is 15.7. The molecule has 0 atom stereocenters. The van der Waals surface area contributed by atoms with Crippen LogP contribution in [0.2, 0.25) is 0 Å². The fraction of sp³-hybridized carbons (Fsp3) is 0.533. The summed E-state index contributed by atoms with van der Waals surface area (Å²) in [6, 6.07) is 0. The Labute approximate surface area is 105 Å². The van der Waals surface area contributed by atoms with Gasteiger partial charge in [0, 0.05) is 11.8 Å². The molecule has 1 aromatic rings. The zero-order valence-electron chi connectivity index (χ0n) is 12.1. The van der Waals surface area contributed by atoms with Crippen LogP contribution in [0.3, 0.4) is 0 Å². The van der Waals surface area contributed by atoms with Crippen LogP contribution in [0.4, 0.5) is 0 Å². The Morgan fingerprint density at radius 2 is 2.06 bits per heavy atom. The van der Waals surface area contributed by atoms with E-state index in [4.69, 9.17) is 0 Å². The number of aromatic nitrogens is 2. The summed E-state index contributed by atoms with van der Waals surface area (Å²) in [5.74, 6) is 0.486. The summed E-state index contributed by atoms with van der Waals surface area (Å²) in [6.07, 6.45) is 6.13. The first-order chi connectivity index (χ1) is 8.10. The predicted molar refractivity (Wildman–Crippen MR) is 77.1 cm³/mol. The molecule has 0 aliphatic rings. The average molecular weight is 234 g/mol. The minimum absolute atomic E-state index is 0.486. The van der Waals surface area contributed by atoms with E-state index in [2.05, 4.69) is 44.6 Å². The molecular formula is C15H26N2. The molecule has 0 saturated heterocycles. The van der Waals surface area contributed by atoms with Gasteiger partial charge >= 0.3 is 0 Å². The summed E-state index contributed by atoms with van der Waals surface area (Å²) < 4.78 is 2.00. The molecule has 96 valence electrons. The van der Waals surface area contributed by atoms with E-state index in [1.165, 1.54) is 5.35 Å². The van der Waals surface area contributed by atoms with Gasteiger partial charge in [-0.2, -0.15) is 5.10 Å². The third kappa shape index (κ3) is 4.22. The van der Waals surface area contributed by atoms with Crippen LogP contribution in [0.1, 0.15) is 41.5 Å². The van der Waals surface area contributed by atoms with Crippen molar-refractivity contribution in [2.45, 2.75) is 48.1 Å². The molecule has 2 nitrogen and oxygen atoms in total. The van der Waals surface area contributed by atoms with Crippen molar-refractivity contribution in [3.63, 3.8) is 0 Å². The number of rotatable bonds is 3. The quantitative estimate of drug-likeness (QED) is 0.786.